The second-order valence-electron chi connectivity index (χ2n) is 4.12. The van der Waals surface area contributed by atoms with Crippen LogP contribution in [0.2, 0.25) is 0 Å². The number of aliphatic hydroxyl groups is 1. The van der Waals surface area contributed by atoms with Crippen molar-refractivity contribution in [1.29, 1.82) is 0 Å². The van der Waals surface area contributed by atoms with Gasteiger partial charge in [0.05, 0.1) is 5.52 Å². The van der Waals surface area contributed by atoms with E-state index in [1.807, 2.05) is 0 Å². The molecule has 0 aliphatic rings. The van der Waals surface area contributed by atoms with Gasteiger partial charge in [-0.05, 0) is 24.6 Å². The van der Waals surface area contributed by atoms with E-state index >= 15 is 0 Å². The molecule has 1 aromatic carbocycles. The third-order valence-electron chi connectivity index (χ3n) is 2.70. The number of aromatic nitrogens is 1. The van der Waals surface area contributed by atoms with Gasteiger partial charge in [0.25, 0.3) is 0 Å². The van der Waals surface area contributed by atoms with E-state index in [0.717, 1.165) is 5.56 Å². The van der Waals surface area contributed by atoms with Crippen molar-refractivity contribution < 1.29 is 14.3 Å². The van der Waals surface area contributed by atoms with Crippen LogP contribution in [0.1, 0.15) is 12.5 Å². The topological polar surface area (TPSA) is 84.5 Å². The van der Waals surface area contributed by atoms with Crippen LogP contribution in [0.3, 0.4) is 0 Å². The highest BCUT2D eigenvalue weighted by Gasteiger charge is 2.09. The molecular weight excluding hydrogens is 236 g/mol. The predicted molar refractivity (Wildman–Crippen MR) is 65.0 cm³/mol. The molecule has 0 radical (unpaired) electrons. The summed E-state index contributed by atoms with van der Waals surface area (Å²) in [5, 5.41) is 11.6. The van der Waals surface area contributed by atoms with E-state index in [2.05, 4.69) is 5.32 Å². The van der Waals surface area contributed by atoms with Gasteiger partial charge in [-0.3, -0.25) is 9.36 Å². The minimum Gasteiger partial charge on any atom is -0.408 e. The molecule has 0 saturated heterocycles. The van der Waals surface area contributed by atoms with Crippen molar-refractivity contribution in [3.05, 3.63) is 34.3 Å². The van der Waals surface area contributed by atoms with Crippen molar-refractivity contribution in [2.75, 3.05) is 0 Å². The monoisotopic (exact) mass is 250 g/mol. The van der Waals surface area contributed by atoms with Gasteiger partial charge in [-0.25, -0.2) is 4.79 Å². The molecule has 6 heteroatoms. The molecule has 0 aliphatic heterocycles. The number of carbonyl (C=O) groups is 1. The van der Waals surface area contributed by atoms with Crippen molar-refractivity contribution in [3.8, 4) is 0 Å². The number of hydrogen-bond acceptors (Lipinski definition) is 4. The maximum Gasteiger partial charge on any atom is 0.419 e. The first-order chi connectivity index (χ1) is 8.49. The number of oxazole rings is 1. The van der Waals surface area contributed by atoms with Gasteiger partial charge in [0, 0.05) is 13.6 Å². The van der Waals surface area contributed by atoms with Gasteiger partial charge in [0.2, 0.25) is 5.91 Å². The van der Waals surface area contributed by atoms with Gasteiger partial charge in [-0.15, -0.1) is 0 Å². The molecule has 96 valence electrons. The molecule has 1 atom stereocenters. The fourth-order valence-corrected chi connectivity index (χ4v) is 1.63. The molecule has 2 rings (SSSR count). The molecule has 0 saturated carbocycles. The molecule has 1 amide bonds. The summed E-state index contributed by atoms with van der Waals surface area (Å²) in [4.78, 5) is 22.5. The maximum absolute atomic E-state index is 11.3. The number of aryl methyl sites for hydroxylation is 1. The summed E-state index contributed by atoms with van der Waals surface area (Å²) < 4.78 is 6.45. The normalized spacial score (nSPS) is 12.6. The van der Waals surface area contributed by atoms with Gasteiger partial charge in [0.1, 0.15) is 6.10 Å². The molecule has 2 aromatic rings. The summed E-state index contributed by atoms with van der Waals surface area (Å²) in [7, 11) is 1.63. The van der Waals surface area contributed by atoms with Crippen LogP contribution >= 0.6 is 0 Å². The third kappa shape index (κ3) is 2.28. The number of rotatable bonds is 3. The van der Waals surface area contributed by atoms with Crippen LogP contribution in [0.4, 0.5) is 0 Å². The summed E-state index contributed by atoms with van der Waals surface area (Å²) in [6.45, 7) is 1.67. The van der Waals surface area contributed by atoms with Crippen LogP contribution in [0.15, 0.2) is 27.4 Å². The third-order valence-corrected chi connectivity index (χ3v) is 2.70. The van der Waals surface area contributed by atoms with Crippen LogP contribution < -0.4 is 11.1 Å². The summed E-state index contributed by atoms with van der Waals surface area (Å²) in [5.41, 5.74) is 1.97. The second kappa shape index (κ2) is 4.66. The fraction of sp³-hybridized carbons (Fsp3) is 0.333. The summed E-state index contributed by atoms with van der Waals surface area (Å²) >= 11 is 0. The van der Waals surface area contributed by atoms with Crippen LogP contribution in [0.25, 0.3) is 11.1 Å². The Morgan fingerprint density at radius 2 is 2.28 bits per heavy atom. The Bertz CT molecular complexity index is 639. The lowest BCUT2D eigenvalue weighted by Gasteiger charge is -2.06. The Balaban J connectivity index is 2.21. The van der Waals surface area contributed by atoms with Gasteiger partial charge in [-0.1, -0.05) is 6.07 Å². The first-order valence-electron chi connectivity index (χ1n) is 5.53. The zero-order chi connectivity index (χ0) is 13.3. The van der Waals surface area contributed by atoms with Gasteiger partial charge in [0.15, 0.2) is 5.58 Å². The second-order valence-corrected chi connectivity index (χ2v) is 4.12. The average molecular weight is 250 g/mol. The minimum absolute atomic E-state index is 0.276. The molecule has 0 spiro atoms. The highest BCUT2D eigenvalue weighted by atomic mass is 16.4. The van der Waals surface area contributed by atoms with Crippen LogP contribution in [0, 0.1) is 0 Å². The number of aliphatic hydroxyl groups excluding tert-OH is 1. The van der Waals surface area contributed by atoms with Crippen LogP contribution in [-0.2, 0) is 18.4 Å². The number of nitrogens with one attached hydrogen (secondary N) is 1. The number of benzene rings is 1. The molecule has 1 unspecified atom stereocenters. The first-order valence-corrected chi connectivity index (χ1v) is 5.53. The van der Waals surface area contributed by atoms with E-state index in [-0.39, 0.29) is 6.54 Å². The van der Waals surface area contributed by atoms with Crippen molar-refractivity contribution in [1.82, 2.24) is 9.88 Å². The molecule has 0 fully saturated rings. The largest absolute Gasteiger partial charge is 0.419 e. The van der Waals surface area contributed by atoms with Gasteiger partial charge in [-0.2, -0.15) is 0 Å². The summed E-state index contributed by atoms with van der Waals surface area (Å²) in [5.74, 6) is -0.861. The van der Waals surface area contributed by atoms with E-state index < -0.39 is 17.8 Å². The molecular formula is C12H14N2O4. The molecule has 0 bridgehead atoms. The van der Waals surface area contributed by atoms with Crippen molar-refractivity contribution in [2.45, 2.75) is 19.6 Å². The number of nitrogens with zero attached hydrogens (tertiary/aromatic N) is 1. The maximum atomic E-state index is 11.3. The van der Waals surface area contributed by atoms with E-state index in [0.29, 0.717) is 11.1 Å². The standard InChI is InChI=1S/C12H14N2O4/c1-7(15)11(16)13-6-8-3-4-9-10(5-8)18-12(17)14(9)2/h3-5,7,15H,6H2,1-2H3,(H,13,16). The highest BCUT2D eigenvalue weighted by molar-refractivity contribution is 5.80. The van der Waals surface area contributed by atoms with Crippen molar-refractivity contribution in [3.63, 3.8) is 0 Å². The lowest BCUT2D eigenvalue weighted by atomic mass is 10.2. The Morgan fingerprint density at radius 1 is 1.56 bits per heavy atom. The average Bonchev–Trinajstić information content (AvgIpc) is 2.61. The van der Waals surface area contributed by atoms with E-state index in [1.54, 1.807) is 25.2 Å². The molecule has 1 aromatic heterocycles. The highest BCUT2D eigenvalue weighted by Crippen LogP contribution is 2.14. The number of amides is 1. The van der Waals surface area contributed by atoms with Crippen LogP contribution in [0.5, 0.6) is 0 Å². The molecule has 1 heterocycles. The Morgan fingerprint density at radius 3 is 2.94 bits per heavy atom. The fourth-order valence-electron chi connectivity index (χ4n) is 1.63. The summed E-state index contributed by atoms with van der Waals surface area (Å²) in [6, 6.07) is 5.24. The smallest absolute Gasteiger partial charge is 0.408 e. The van der Waals surface area contributed by atoms with E-state index in [9.17, 15) is 9.59 Å². The number of hydrogen-bond donors (Lipinski definition) is 2. The zero-order valence-corrected chi connectivity index (χ0v) is 10.1. The zero-order valence-electron chi connectivity index (χ0n) is 10.1. The molecule has 18 heavy (non-hydrogen) atoms. The molecule has 6 nitrogen and oxygen atoms in total. The van der Waals surface area contributed by atoms with Gasteiger partial charge >= 0.3 is 5.76 Å². The number of fused-ring (bicyclic) bond motifs is 1. The van der Waals surface area contributed by atoms with Gasteiger partial charge < -0.3 is 14.8 Å². The quantitative estimate of drug-likeness (QED) is 0.810. The Labute approximate surface area is 103 Å². The molecule has 2 N–H and O–H groups in total. The summed E-state index contributed by atoms with van der Waals surface area (Å²) in [6.07, 6.45) is -1.04. The number of carbonyl (C=O) groups excluding carboxylic acids is 1. The van der Waals surface area contributed by atoms with Crippen molar-refractivity contribution in [2.24, 2.45) is 7.05 Å². The van der Waals surface area contributed by atoms with Crippen LogP contribution in [-0.4, -0.2) is 21.7 Å². The van der Waals surface area contributed by atoms with E-state index in [4.69, 9.17) is 9.52 Å². The predicted octanol–water partition coefficient (Wildman–Crippen LogP) is 0.128. The Hall–Kier alpha value is -2.08. The lowest BCUT2D eigenvalue weighted by Crippen LogP contribution is -2.31. The Kier molecular flexibility index (Phi) is 3.20. The SMILES string of the molecule is CC(O)C(=O)NCc1ccc2c(c1)oc(=O)n2C. The molecule has 0 aliphatic carbocycles. The van der Waals surface area contributed by atoms with Crippen molar-refractivity contribution >= 4 is 17.0 Å². The van der Waals surface area contributed by atoms with E-state index in [1.165, 1.54) is 11.5 Å². The minimum atomic E-state index is -1.04. The lowest BCUT2D eigenvalue weighted by molar-refractivity contribution is -0.128. The first kappa shape index (κ1) is 12.4.